The molecule has 0 saturated carbocycles. The highest BCUT2D eigenvalue weighted by atomic mass is 16.6. The zero-order valence-electron chi connectivity index (χ0n) is 11.0. The Hall–Kier alpha value is -3.49. The van der Waals surface area contributed by atoms with Gasteiger partial charge in [0.05, 0.1) is 12.3 Å². The van der Waals surface area contributed by atoms with Gasteiger partial charge in [-0.25, -0.2) is 9.67 Å². The van der Waals surface area contributed by atoms with Gasteiger partial charge >= 0.3 is 5.88 Å². The quantitative estimate of drug-likeness (QED) is 0.341. The van der Waals surface area contributed by atoms with E-state index in [9.17, 15) is 10.1 Å². The fraction of sp³-hybridized carbons (Fsp3) is 0. The smallest absolute Gasteiger partial charge is 0.411 e. The van der Waals surface area contributed by atoms with Crippen molar-refractivity contribution in [3.63, 3.8) is 0 Å². The van der Waals surface area contributed by atoms with Gasteiger partial charge in [0.1, 0.15) is 10.6 Å². The van der Waals surface area contributed by atoms with Crippen LogP contribution in [0.15, 0.2) is 52.3 Å². The molecular formula is C13H9N5O4. The number of nitrogens with zero attached hydrogens (tertiary/aromatic N) is 5. The van der Waals surface area contributed by atoms with Crippen molar-refractivity contribution < 1.29 is 14.5 Å². The number of aromatic nitrogens is 3. The molecule has 0 aromatic carbocycles. The molecule has 110 valence electrons. The fourth-order valence-corrected chi connectivity index (χ4v) is 1.90. The minimum atomic E-state index is -0.640. The maximum atomic E-state index is 10.7. The molecule has 9 heteroatoms. The first-order valence-electron chi connectivity index (χ1n) is 6.12. The molecule has 3 aromatic heterocycles. The lowest BCUT2D eigenvalue weighted by Gasteiger charge is -1.97. The molecule has 0 saturated heterocycles. The van der Waals surface area contributed by atoms with Crippen molar-refractivity contribution in [2.75, 3.05) is 0 Å². The van der Waals surface area contributed by atoms with Crippen molar-refractivity contribution in [3.8, 4) is 17.3 Å². The first-order chi connectivity index (χ1) is 10.7. The SMILES string of the molecule is O=[N+]([O-])c1ccc(-c2nn(-c3ccccn3)cc2C=NO)o1. The Morgan fingerprint density at radius 1 is 1.36 bits per heavy atom. The van der Waals surface area contributed by atoms with E-state index in [0.29, 0.717) is 17.1 Å². The third kappa shape index (κ3) is 2.42. The summed E-state index contributed by atoms with van der Waals surface area (Å²) < 4.78 is 6.59. The zero-order valence-corrected chi connectivity index (χ0v) is 11.0. The summed E-state index contributed by atoms with van der Waals surface area (Å²) in [7, 11) is 0. The molecule has 0 spiro atoms. The zero-order chi connectivity index (χ0) is 15.5. The summed E-state index contributed by atoms with van der Waals surface area (Å²) >= 11 is 0. The van der Waals surface area contributed by atoms with E-state index in [1.807, 2.05) is 0 Å². The largest absolute Gasteiger partial charge is 0.433 e. The van der Waals surface area contributed by atoms with Crippen molar-refractivity contribution in [2.24, 2.45) is 5.16 Å². The van der Waals surface area contributed by atoms with Gasteiger partial charge in [-0.3, -0.25) is 10.1 Å². The molecule has 9 nitrogen and oxygen atoms in total. The summed E-state index contributed by atoms with van der Waals surface area (Å²) in [6.45, 7) is 0. The van der Waals surface area contributed by atoms with Crippen molar-refractivity contribution >= 4 is 12.1 Å². The van der Waals surface area contributed by atoms with Crippen molar-refractivity contribution in [1.29, 1.82) is 0 Å². The molecule has 1 N–H and O–H groups in total. The second kappa shape index (κ2) is 5.48. The first-order valence-corrected chi connectivity index (χ1v) is 6.12. The van der Waals surface area contributed by atoms with E-state index in [2.05, 4.69) is 15.2 Å². The normalized spacial score (nSPS) is 11.1. The minimum Gasteiger partial charge on any atom is -0.411 e. The van der Waals surface area contributed by atoms with Crippen LogP contribution >= 0.6 is 0 Å². The molecule has 0 unspecified atom stereocenters. The van der Waals surface area contributed by atoms with Crippen LogP contribution in [0.3, 0.4) is 0 Å². The Morgan fingerprint density at radius 2 is 2.23 bits per heavy atom. The van der Waals surface area contributed by atoms with Crippen LogP contribution in [-0.4, -0.2) is 31.1 Å². The lowest BCUT2D eigenvalue weighted by Crippen LogP contribution is -1.96. The molecule has 0 bridgehead atoms. The predicted octanol–water partition coefficient (Wildman–Crippen LogP) is 2.24. The number of hydrogen-bond donors (Lipinski definition) is 1. The molecule has 0 amide bonds. The topological polar surface area (TPSA) is 120 Å². The van der Waals surface area contributed by atoms with Crippen LogP contribution in [-0.2, 0) is 0 Å². The number of hydrogen-bond acceptors (Lipinski definition) is 7. The third-order valence-electron chi connectivity index (χ3n) is 2.83. The minimum absolute atomic E-state index is 0.191. The number of nitro groups is 1. The van der Waals surface area contributed by atoms with Crippen LogP contribution in [0.5, 0.6) is 0 Å². The Bertz CT molecular complexity index is 837. The standard InChI is InChI=1S/C13H9N5O4/c19-15-7-9-8-17(11-3-1-2-6-14-11)16-13(9)10-4-5-12(22-10)18(20)21/h1-8,19H. The Balaban J connectivity index is 2.09. The van der Waals surface area contributed by atoms with Gasteiger partial charge in [0, 0.05) is 18.0 Å². The number of oxime groups is 1. The number of pyridine rings is 1. The number of furan rings is 1. The second-order valence-electron chi connectivity index (χ2n) is 4.21. The molecule has 22 heavy (non-hydrogen) atoms. The first kappa shape index (κ1) is 13.5. The molecule has 3 rings (SSSR count). The van der Waals surface area contributed by atoms with Crippen LogP contribution in [0.1, 0.15) is 5.56 Å². The van der Waals surface area contributed by atoms with Gasteiger partial charge in [-0.1, -0.05) is 11.2 Å². The Labute approximate surface area is 123 Å². The molecule has 0 aliphatic rings. The van der Waals surface area contributed by atoms with Crippen LogP contribution in [0.25, 0.3) is 17.3 Å². The maximum Gasteiger partial charge on any atom is 0.433 e. The van der Waals surface area contributed by atoms with Gasteiger partial charge in [0.15, 0.2) is 11.6 Å². The van der Waals surface area contributed by atoms with E-state index in [4.69, 9.17) is 9.62 Å². The van der Waals surface area contributed by atoms with E-state index in [0.717, 1.165) is 6.21 Å². The van der Waals surface area contributed by atoms with Gasteiger partial charge in [0.2, 0.25) is 0 Å². The van der Waals surface area contributed by atoms with E-state index in [1.54, 1.807) is 30.6 Å². The second-order valence-corrected chi connectivity index (χ2v) is 4.21. The van der Waals surface area contributed by atoms with Gasteiger partial charge in [-0.15, -0.1) is 0 Å². The van der Waals surface area contributed by atoms with Gasteiger partial charge in [0.25, 0.3) is 0 Å². The van der Waals surface area contributed by atoms with Crippen molar-refractivity contribution in [3.05, 3.63) is 58.4 Å². The van der Waals surface area contributed by atoms with Crippen LogP contribution in [0.4, 0.5) is 5.88 Å². The molecule has 0 atom stereocenters. The average Bonchev–Trinajstić information content (AvgIpc) is 3.15. The van der Waals surface area contributed by atoms with E-state index < -0.39 is 10.8 Å². The third-order valence-corrected chi connectivity index (χ3v) is 2.83. The summed E-state index contributed by atoms with van der Waals surface area (Å²) in [6, 6.07) is 7.95. The molecular weight excluding hydrogens is 290 g/mol. The molecule has 0 fully saturated rings. The Kier molecular flexibility index (Phi) is 3.36. The summed E-state index contributed by atoms with van der Waals surface area (Å²) in [5, 5.41) is 26.7. The van der Waals surface area contributed by atoms with Crippen molar-refractivity contribution in [1.82, 2.24) is 14.8 Å². The molecule has 0 aliphatic heterocycles. The lowest BCUT2D eigenvalue weighted by atomic mass is 10.2. The van der Waals surface area contributed by atoms with E-state index in [1.165, 1.54) is 16.8 Å². The van der Waals surface area contributed by atoms with E-state index in [-0.39, 0.29) is 5.76 Å². The lowest BCUT2D eigenvalue weighted by molar-refractivity contribution is -0.401. The predicted molar refractivity (Wildman–Crippen MR) is 75.1 cm³/mol. The van der Waals surface area contributed by atoms with E-state index >= 15 is 0 Å². The maximum absolute atomic E-state index is 10.7. The number of rotatable bonds is 4. The monoisotopic (exact) mass is 299 g/mol. The van der Waals surface area contributed by atoms with Gasteiger partial charge in [-0.05, 0) is 18.2 Å². The van der Waals surface area contributed by atoms with Crippen LogP contribution in [0.2, 0.25) is 0 Å². The highest BCUT2D eigenvalue weighted by Gasteiger charge is 2.19. The molecule has 3 aromatic rings. The summed E-state index contributed by atoms with van der Waals surface area (Å²) in [4.78, 5) is 14.2. The molecule has 0 radical (unpaired) electrons. The Morgan fingerprint density at radius 3 is 2.86 bits per heavy atom. The van der Waals surface area contributed by atoms with Crippen LogP contribution < -0.4 is 0 Å². The molecule has 0 aliphatic carbocycles. The highest BCUT2D eigenvalue weighted by molar-refractivity contribution is 5.87. The highest BCUT2D eigenvalue weighted by Crippen LogP contribution is 2.27. The average molecular weight is 299 g/mol. The van der Waals surface area contributed by atoms with Gasteiger partial charge < -0.3 is 9.62 Å². The summed E-state index contributed by atoms with van der Waals surface area (Å²) in [5.74, 6) is 0.341. The summed E-state index contributed by atoms with van der Waals surface area (Å²) in [5.41, 5.74) is 0.731. The van der Waals surface area contributed by atoms with Crippen molar-refractivity contribution in [2.45, 2.75) is 0 Å². The summed E-state index contributed by atoms with van der Waals surface area (Å²) in [6.07, 6.45) is 4.34. The fourth-order valence-electron chi connectivity index (χ4n) is 1.90. The van der Waals surface area contributed by atoms with Gasteiger partial charge in [-0.2, -0.15) is 5.10 Å². The molecule has 3 heterocycles. The van der Waals surface area contributed by atoms with Crippen LogP contribution in [0, 0.1) is 10.1 Å².